The Labute approximate surface area is 149 Å². The molecule has 1 aliphatic rings. The average molecular weight is 348 g/mol. The first-order valence-corrected chi connectivity index (χ1v) is 8.64. The van der Waals surface area contributed by atoms with Crippen molar-refractivity contribution in [3.8, 4) is 0 Å². The molecule has 1 unspecified atom stereocenters. The van der Waals surface area contributed by atoms with Crippen LogP contribution in [0.3, 0.4) is 0 Å². The van der Waals surface area contributed by atoms with Gasteiger partial charge in [-0.1, -0.05) is 30.3 Å². The van der Waals surface area contributed by atoms with Gasteiger partial charge in [0.25, 0.3) is 0 Å². The van der Waals surface area contributed by atoms with E-state index >= 15 is 0 Å². The monoisotopic (exact) mass is 348 g/mol. The van der Waals surface area contributed by atoms with Gasteiger partial charge in [0.1, 0.15) is 0 Å². The van der Waals surface area contributed by atoms with Crippen LogP contribution in [-0.4, -0.2) is 75.3 Å². The molecule has 2 rings (SSSR count). The SMILES string of the molecule is CCOC(=O)N1CCN(C(=NC)NCC(OC)c2ccccc2)CC1. The van der Waals surface area contributed by atoms with Crippen LogP contribution in [0.5, 0.6) is 0 Å². The predicted molar refractivity (Wildman–Crippen MR) is 97.7 cm³/mol. The second kappa shape index (κ2) is 9.88. The molecule has 1 aromatic rings. The fourth-order valence-corrected chi connectivity index (χ4v) is 2.84. The Bertz CT molecular complexity index is 557. The number of nitrogens with one attached hydrogen (secondary N) is 1. The largest absolute Gasteiger partial charge is 0.450 e. The maximum absolute atomic E-state index is 11.8. The van der Waals surface area contributed by atoms with E-state index in [2.05, 4.69) is 27.3 Å². The molecule has 1 heterocycles. The predicted octanol–water partition coefficient (Wildman–Crippen LogP) is 1.72. The third kappa shape index (κ3) is 5.35. The normalized spacial score (nSPS) is 16.5. The summed E-state index contributed by atoms with van der Waals surface area (Å²) in [6.45, 7) is 5.56. The Morgan fingerprint density at radius 2 is 1.84 bits per heavy atom. The molecule has 0 radical (unpaired) electrons. The van der Waals surface area contributed by atoms with Gasteiger partial charge in [-0.15, -0.1) is 0 Å². The van der Waals surface area contributed by atoms with Crippen molar-refractivity contribution in [3.63, 3.8) is 0 Å². The molecule has 0 aromatic heterocycles. The highest BCUT2D eigenvalue weighted by atomic mass is 16.6. The first kappa shape index (κ1) is 19.1. The van der Waals surface area contributed by atoms with Gasteiger partial charge in [0.05, 0.1) is 12.7 Å². The van der Waals surface area contributed by atoms with Gasteiger partial charge in [-0.25, -0.2) is 4.79 Å². The minimum atomic E-state index is -0.242. The highest BCUT2D eigenvalue weighted by Crippen LogP contribution is 2.15. The number of amides is 1. The van der Waals surface area contributed by atoms with Crippen LogP contribution >= 0.6 is 0 Å². The Hall–Kier alpha value is -2.28. The number of guanidine groups is 1. The smallest absolute Gasteiger partial charge is 0.409 e. The number of ether oxygens (including phenoxy) is 2. The summed E-state index contributed by atoms with van der Waals surface area (Å²) in [6.07, 6.45) is -0.285. The van der Waals surface area contributed by atoms with Crippen LogP contribution in [0.4, 0.5) is 4.79 Å². The van der Waals surface area contributed by atoms with Crippen LogP contribution in [0, 0.1) is 0 Å². The average Bonchev–Trinajstić information content (AvgIpc) is 2.66. The summed E-state index contributed by atoms with van der Waals surface area (Å²) in [5.41, 5.74) is 1.13. The molecule has 1 aromatic carbocycles. The molecular formula is C18H28N4O3. The molecule has 1 atom stereocenters. The zero-order valence-corrected chi connectivity index (χ0v) is 15.3. The van der Waals surface area contributed by atoms with Gasteiger partial charge in [0.2, 0.25) is 0 Å². The van der Waals surface area contributed by atoms with E-state index < -0.39 is 0 Å². The van der Waals surface area contributed by atoms with Gasteiger partial charge in [0.15, 0.2) is 5.96 Å². The number of hydrogen-bond acceptors (Lipinski definition) is 4. The van der Waals surface area contributed by atoms with Crippen molar-refractivity contribution in [1.29, 1.82) is 0 Å². The lowest BCUT2D eigenvalue weighted by Crippen LogP contribution is -2.54. The van der Waals surface area contributed by atoms with E-state index in [0.29, 0.717) is 26.2 Å². The van der Waals surface area contributed by atoms with Crippen molar-refractivity contribution in [3.05, 3.63) is 35.9 Å². The fraction of sp³-hybridized carbons (Fsp3) is 0.556. The lowest BCUT2D eigenvalue weighted by atomic mass is 10.1. The van der Waals surface area contributed by atoms with Crippen molar-refractivity contribution in [2.75, 3.05) is 53.5 Å². The number of carbonyl (C=O) groups excluding carboxylic acids is 1. The van der Waals surface area contributed by atoms with E-state index in [1.54, 1.807) is 19.1 Å². The van der Waals surface area contributed by atoms with Crippen LogP contribution in [0.15, 0.2) is 35.3 Å². The second-order valence-corrected chi connectivity index (χ2v) is 5.74. The van der Waals surface area contributed by atoms with Crippen molar-refractivity contribution >= 4 is 12.1 Å². The van der Waals surface area contributed by atoms with E-state index in [1.165, 1.54) is 0 Å². The highest BCUT2D eigenvalue weighted by molar-refractivity contribution is 5.80. The zero-order chi connectivity index (χ0) is 18.1. The number of aliphatic imine (C=N–C) groups is 1. The van der Waals surface area contributed by atoms with Crippen molar-refractivity contribution < 1.29 is 14.3 Å². The van der Waals surface area contributed by atoms with Crippen LogP contribution in [0.25, 0.3) is 0 Å². The van der Waals surface area contributed by atoms with E-state index in [0.717, 1.165) is 24.6 Å². The minimum Gasteiger partial charge on any atom is -0.450 e. The maximum atomic E-state index is 11.8. The summed E-state index contributed by atoms with van der Waals surface area (Å²) in [7, 11) is 3.48. The Kier molecular flexibility index (Phi) is 7.53. The van der Waals surface area contributed by atoms with E-state index in [1.807, 2.05) is 25.1 Å². The molecule has 0 spiro atoms. The molecule has 0 aliphatic carbocycles. The molecule has 1 aliphatic heterocycles. The number of piperazine rings is 1. The zero-order valence-electron chi connectivity index (χ0n) is 15.3. The quantitative estimate of drug-likeness (QED) is 0.648. The molecular weight excluding hydrogens is 320 g/mol. The van der Waals surface area contributed by atoms with Gasteiger partial charge in [-0.3, -0.25) is 4.99 Å². The number of carbonyl (C=O) groups is 1. The van der Waals surface area contributed by atoms with Crippen molar-refractivity contribution in [1.82, 2.24) is 15.1 Å². The van der Waals surface area contributed by atoms with E-state index in [-0.39, 0.29) is 12.2 Å². The summed E-state index contributed by atoms with van der Waals surface area (Å²) in [6, 6.07) is 10.1. The lowest BCUT2D eigenvalue weighted by Gasteiger charge is -2.36. The van der Waals surface area contributed by atoms with Crippen LogP contribution in [-0.2, 0) is 9.47 Å². The second-order valence-electron chi connectivity index (χ2n) is 5.74. The van der Waals surface area contributed by atoms with E-state index in [9.17, 15) is 4.79 Å². The molecule has 1 saturated heterocycles. The summed E-state index contributed by atoms with van der Waals surface area (Å²) < 4.78 is 10.6. The highest BCUT2D eigenvalue weighted by Gasteiger charge is 2.24. The summed E-state index contributed by atoms with van der Waals surface area (Å²) in [5.74, 6) is 0.821. The molecule has 1 fully saturated rings. The van der Waals surface area contributed by atoms with Crippen molar-refractivity contribution in [2.45, 2.75) is 13.0 Å². The van der Waals surface area contributed by atoms with Crippen LogP contribution in [0.2, 0.25) is 0 Å². The third-order valence-electron chi connectivity index (χ3n) is 4.22. The van der Waals surface area contributed by atoms with Gasteiger partial charge < -0.3 is 24.6 Å². The van der Waals surface area contributed by atoms with Crippen molar-refractivity contribution in [2.24, 2.45) is 4.99 Å². The summed E-state index contributed by atoms with van der Waals surface area (Å²) >= 11 is 0. The van der Waals surface area contributed by atoms with Crippen LogP contribution in [0.1, 0.15) is 18.6 Å². The number of hydrogen-bond donors (Lipinski definition) is 1. The molecule has 7 nitrogen and oxygen atoms in total. The summed E-state index contributed by atoms with van der Waals surface area (Å²) in [4.78, 5) is 20.0. The minimum absolute atomic E-state index is 0.0428. The molecule has 138 valence electrons. The van der Waals surface area contributed by atoms with E-state index in [4.69, 9.17) is 9.47 Å². The van der Waals surface area contributed by atoms with Gasteiger partial charge in [-0.05, 0) is 12.5 Å². The first-order valence-electron chi connectivity index (χ1n) is 8.64. The maximum Gasteiger partial charge on any atom is 0.409 e. The number of rotatable bonds is 5. The molecule has 1 amide bonds. The first-order chi connectivity index (χ1) is 12.2. The molecule has 7 heteroatoms. The van der Waals surface area contributed by atoms with Gasteiger partial charge in [-0.2, -0.15) is 0 Å². The van der Waals surface area contributed by atoms with Gasteiger partial charge in [0, 0.05) is 46.9 Å². The molecule has 25 heavy (non-hydrogen) atoms. The topological polar surface area (TPSA) is 66.4 Å². The Morgan fingerprint density at radius 1 is 1.20 bits per heavy atom. The number of benzene rings is 1. The molecule has 0 saturated carbocycles. The molecule has 0 bridgehead atoms. The Morgan fingerprint density at radius 3 is 2.40 bits per heavy atom. The summed E-state index contributed by atoms with van der Waals surface area (Å²) in [5, 5.41) is 3.37. The fourth-order valence-electron chi connectivity index (χ4n) is 2.84. The van der Waals surface area contributed by atoms with Gasteiger partial charge >= 0.3 is 6.09 Å². The van der Waals surface area contributed by atoms with Crippen LogP contribution < -0.4 is 5.32 Å². The third-order valence-corrected chi connectivity index (χ3v) is 4.22. The number of methoxy groups -OCH3 is 1. The standard InChI is InChI=1S/C18H28N4O3/c1-4-25-18(23)22-12-10-21(11-13-22)17(19-2)20-14-16(24-3)15-8-6-5-7-9-15/h5-9,16H,4,10-14H2,1-3H3,(H,19,20). The lowest BCUT2D eigenvalue weighted by molar-refractivity contribution is 0.0901. The molecule has 1 N–H and O–H groups in total. The number of nitrogens with zero attached hydrogens (tertiary/aromatic N) is 3. The Balaban J connectivity index is 1.86.